The van der Waals surface area contributed by atoms with Crippen LogP contribution in [0.4, 0.5) is 4.39 Å². The van der Waals surface area contributed by atoms with E-state index in [1.807, 2.05) is 0 Å². The SMILES string of the molecule is O=C(CC(=O)c1ccc(F)c(Cl)c1)c1ccccc1. The minimum absolute atomic E-state index is 0.127. The molecule has 0 aliphatic carbocycles. The van der Waals surface area contributed by atoms with E-state index < -0.39 is 5.82 Å². The lowest BCUT2D eigenvalue weighted by Gasteiger charge is -2.02. The van der Waals surface area contributed by atoms with Crippen molar-refractivity contribution in [1.82, 2.24) is 0 Å². The second-order valence-corrected chi connectivity index (χ2v) is 4.43. The molecule has 0 aromatic heterocycles. The van der Waals surface area contributed by atoms with E-state index in [9.17, 15) is 14.0 Å². The van der Waals surface area contributed by atoms with Crippen molar-refractivity contribution in [3.63, 3.8) is 0 Å². The van der Waals surface area contributed by atoms with Crippen molar-refractivity contribution in [2.75, 3.05) is 0 Å². The Hall–Kier alpha value is -2.00. The summed E-state index contributed by atoms with van der Waals surface area (Å²) in [5.41, 5.74) is 0.708. The molecule has 0 aliphatic heterocycles. The van der Waals surface area contributed by atoms with Gasteiger partial charge in [0.2, 0.25) is 0 Å². The van der Waals surface area contributed by atoms with E-state index in [1.165, 1.54) is 12.1 Å². The first-order valence-electron chi connectivity index (χ1n) is 5.64. The lowest BCUT2D eigenvalue weighted by Crippen LogP contribution is -2.08. The Labute approximate surface area is 114 Å². The van der Waals surface area contributed by atoms with Crippen LogP contribution in [0.1, 0.15) is 27.1 Å². The Morgan fingerprint density at radius 1 is 0.947 bits per heavy atom. The molecular formula is C15H10ClFO2. The molecule has 2 aromatic carbocycles. The van der Waals surface area contributed by atoms with Gasteiger partial charge in [-0.3, -0.25) is 9.59 Å². The van der Waals surface area contributed by atoms with Crippen molar-refractivity contribution in [3.8, 4) is 0 Å². The maximum atomic E-state index is 13.0. The van der Waals surface area contributed by atoms with Crippen LogP contribution in [0.5, 0.6) is 0 Å². The first-order valence-corrected chi connectivity index (χ1v) is 6.02. The Balaban J connectivity index is 2.13. The van der Waals surface area contributed by atoms with Gasteiger partial charge in [0.05, 0.1) is 11.4 Å². The second-order valence-electron chi connectivity index (χ2n) is 4.02. The van der Waals surface area contributed by atoms with Crippen molar-refractivity contribution >= 4 is 23.2 Å². The molecule has 0 aliphatic rings. The fraction of sp³-hybridized carbons (Fsp3) is 0.0667. The van der Waals surface area contributed by atoms with Gasteiger partial charge in [-0.1, -0.05) is 41.9 Å². The molecule has 0 radical (unpaired) electrons. The number of carbonyl (C=O) groups is 2. The number of carbonyl (C=O) groups excluding carboxylic acids is 2. The van der Waals surface area contributed by atoms with Gasteiger partial charge >= 0.3 is 0 Å². The van der Waals surface area contributed by atoms with Gasteiger partial charge in [-0.05, 0) is 18.2 Å². The van der Waals surface area contributed by atoms with Crippen LogP contribution in [0.2, 0.25) is 5.02 Å². The molecule has 4 heteroatoms. The van der Waals surface area contributed by atoms with E-state index in [4.69, 9.17) is 11.6 Å². The van der Waals surface area contributed by atoms with Crippen LogP contribution in [-0.2, 0) is 0 Å². The molecule has 2 nitrogen and oxygen atoms in total. The molecule has 0 bridgehead atoms. The van der Waals surface area contributed by atoms with Crippen LogP contribution in [0.15, 0.2) is 48.5 Å². The predicted molar refractivity (Wildman–Crippen MR) is 71.1 cm³/mol. The third kappa shape index (κ3) is 3.26. The van der Waals surface area contributed by atoms with Crippen molar-refractivity contribution in [3.05, 3.63) is 70.5 Å². The first-order chi connectivity index (χ1) is 9.08. The molecule has 96 valence electrons. The van der Waals surface area contributed by atoms with Crippen LogP contribution in [0.25, 0.3) is 0 Å². The molecular weight excluding hydrogens is 267 g/mol. The number of benzene rings is 2. The van der Waals surface area contributed by atoms with Crippen LogP contribution in [-0.4, -0.2) is 11.6 Å². The standard InChI is InChI=1S/C15H10ClFO2/c16-12-8-11(6-7-13(12)17)15(19)9-14(18)10-4-2-1-3-5-10/h1-8H,9H2. The van der Waals surface area contributed by atoms with Crippen LogP contribution in [0, 0.1) is 5.82 Å². The van der Waals surface area contributed by atoms with Gasteiger partial charge in [0.25, 0.3) is 0 Å². The summed E-state index contributed by atoms with van der Waals surface area (Å²) in [6, 6.07) is 12.2. The molecule has 2 rings (SSSR count). The van der Waals surface area contributed by atoms with E-state index in [-0.39, 0.29) is 28.6 Å². The predicted octanol–water partition coefficient (Wildman–Crippen LogP) is 3.93. The number of Topliss-reactive ketones (excluding diaryl/α,β-unsaturated/α-hetero) is 2. The van der Waals surface area contributed by atoms with Gasteiger partial charge in [-0.25, -0.2) is 4.39 Å². The zero-order valence-electron chi connectivity index (χ0n) is 9.90. The van der Waals surface area contributed by atoms with Crippen molar-refractivity contribution in [1.29, 1.82) is 0 Å². The Morgan fingerprint density at radius 3 is 2.21 bits per heavy atom. The molecule has 0 atom stereocenters. The fourth-order valence-corrected chi connectivity index (χ4v) is 1.82. The summed E-state index contributed by atoms with van der Waals surface area (Å²) in [7, 11) is 0. The van der Waals surface area contributed by atoms with Crippen LogP contribution < -0.4 is 0 Å². The van der Waals surface area contributed by atoms with E-state index in [0.717, 1.165) is 6.07 Å². The van der Waals surface area contributed by atoms with E-state index >= 15 is 0 Å². The van der Waals surface area contributed by atoms with Gasteiger partial charge < -0.3 is 0 Å². The number of ketones is 2. The maximum absolute atomic E-state index is 13.0. The Morgan fingerprint density at radius 2 is 1.58 bits per heavy atom. The molecule has 0 heterocycles. The third-order valence-corrected chi connectivity index (χ3v) is 2.95. The van der Waals surface area contributed by atoms with Gasteiger partial charge in [0, 0.05) is 11.1 Å². The molecule has 2 aromatic rings. The maximum Gasteiger partial charge on any atom is 0.170 e. The third-order valence-electron chi connectivity index (χ3n) is 2.66. The normalized spacial score (nSPS) is 10.2. The molecule has 19 heavy (non-hydrogen) atoms. The molecule has 0 saturated carbocycles. The van der Waals surface area contributed by atoms with Gasteiger partial charge in [0.1, 0.15) is 5.82 Å². The van der Waals surface area contributed by atoms with Crippen molar-refractivity contribution in [2.45, 2.75) is 6.42 Å². The lowest BCUT2D eigenvalue weighted by atomic mass is 10.0. The summed E-state index contributed by atoms with van der Waals surface area (Å²) in [5, 5.41) is -0.127. The molecule has 0 spiro atoms. The number of halogens is 2. The second kappa shape index (κ2) is 5.76. The lowest BCUT2D eigenvalue weighted by molar-refractivity contribution is 0.0894. The summed E-state index contributed by atoms with van der Waals surface area (Å²) in [4.78, 5) is 23.7. The van der Waals surface area contributed by atoms with Crippen molar-refractivity contribution in [2.24, 2.45) is 0 Å². The quantitative estimate of drug-likeness (QED) is 0.626. The highest BCUT2D eigenvalue weighted by Gasteiger charge is 2.14. The zero-order chi connectivity index (χ0) is 13.8. The minimum atomic E-state index is -0.590. The van der Waals surface area contributed by atoms with Gasteiger partial charge in [-0.15, -0.1) is 0 Å². The number of rotatable bonds is 4. The van der Waals surface area contributed by atoms with Crippen LogP contribution >= 0.6 is 11.6 Å². The van der Waals surface area contributed by atoms with Crippen molar-refractivity contribution < 1.29 is 14.0 Å². The molecule has 0 saturated heterocycles. The summed E-state index contributed by atoms with van der Waals surface area (Å²) in [6.45, 7) is 0. The Bertz CT molecular complexity index is 623. The monoisotopic (exact) mass is 276 g/mol. The minimum Gasteiger partial charge on any atom is -0.294 e. The van der Waals surface area contributed by atoms with Gasteiger partial charge in [-0.2, -0.15) is 0 Å². The fourth-order valence-electron chi connectivity index (χ4n) is 1.64. The van der Waals surface area contributed by atoms with Gasteiger partial charge in [0.15, 0.2) is 11.6 Å². The summed E-state index contributed by atoms with van der Waals surface area (Å²) >= 11 is 5.60. The summed E-state index contributed by atoms with van der Waals surface area (Å²) in [5.74, 6) is -1.24. The van der Waals surface area contributed by atoms with E-state index in [2.05, 4.69) is 0 Å². The first kappa shape index (κ1) is 13.4. The largest absolute Gasteiger partial charge is 0.294 e. The summed E-state index contributed by atoms with van der Waals surface area (Å²) < 4.78 is 13.0. The Kier molecular flexibility index (Phi) is 4.07. The van der Waals surface area contributed by atoms with E-state index in [0.29, 0.717) is 5.56 Å². The average molecular weight is 277 g/mol. The molecule has 0 unspecified atom stereocenters. The van der Waals surface area contributed by atoms with Crippen LogP contribution in [0.3, 0.4) is 0 Å². The highest BCUT2D eigenvalue weighted by Crippen LogP contribution is 2.17. The number of hydrogen-bond acceptors (Lipinski definition) is 2. The highest BCUT2D eigenvalue weighted by atomic mass is 35.5. The number of hydrogen-bond donors (Lipinski definition) is 0. The topological polar surface area (TPSA) is 34.1 Å². The van der Waals surface area contributed by atoms with E-state index in [1.54, 1.807) is 30.3 Å². The average Bonchev–Trinajstić information content (AvgIpc) is 2.42. The molecule has 0 N–H and O–H groups in total. The molecule has 0 amide bonds. The zero-order valence-corrected chi connectivity index (χ0v) is 10.7. The molecule has 0 fully saturated rings. The highest BCUT2D eigenvalue weighted by molar-refractivity contribution is 6.31. The summed E-state index contributed by atoms with van der Waals surface area (Å²) in [6.07, 6.45) is -0.258. The smallest absolute Gasteiger partial charge is 0.170 e.